The standard InChI is InChI=1S/C23H22N2O3/c1-16(17-11-13-19(14-12-17)18-7-3-2-4-8-18)25-23(27)20-9-5-6-10-21(20)28-15-22(24)26/h2-14,16H,15H2,1H3,(H2,24,26)(H,25,27). The number of nitrogens with two attached hydrogens (primary N) is 1. The third kappa shape index (κ3) is 4.76. The lowest BCUT2D eigenvalue weighted by molar-refractivity contribution is -0.119. The molecular weight excluding hydrogens is 352 g/mol. The molecule has 5 nitrogen and oxygen atoms in total. The van der Waals surface area contributed by atoms with Crippen LogP contribution in [0, 0.1) is 0 Å². The highest BCUT2D eigenvalue weighted by Gasteiger charge is 2.16. The lowest BCUT2D eigenvalue weighted by atomic mass is 10.0. The normalized spacial score (nSPS) is 11.5. The van der Waals surface area contributed by atoms with E-state index in [-0.39, 0.29) is 18.6 Å². The van der Waals surface area contributed by atoms with Crippen LogP contribution in [0.2, 0.25) is 0 Å². The summed E-state index contributed by atoms with van der Waals surface area (Å²) in [5, 5.41) is 2.96. The van der Waals surface area contributed by atoms with E-state index >= 15 is 0 Å². The molecule has 5 heteroatoms. The summed E-state index contributed by atoms with van der Waals surface area (Å²) < 4.78 is 5.34. The van der Waals surface area contributed by atoms with Crippen molar-refractivity contribution in [2.24, 2.45) is 5.73 Å². The first-order valence-electron chi connectivity index (χ1n) is 9.01. The Kier molecular flexibility index (Phi) is 6.07. The van der Waals surface area contributed by atoms with Crippen LogP contribution in [0.1, 0.15) is 28.9 Å². The quantitative estimate of drug-likeness (QED) is 0.661. The van der Waals surface area contributed by atoms with Gasteiger partial charge in [0.1, 0.15) is 5.75 Å². The molecule has 0 aliphatic rings. The SMILES string of the molecule is CC(NC(=O)c1ccccc1OCC(N)=O)c1ccc(-c2ccccc2)cc1. The van der Waals surface area contributed by atoms with E-state index in [0.29, 0.717) is 11.3 Å². The van der Waals surface area contributed by atoms with Crippen molar-refractivity contribution in [1.29, 1.82) is 0 Å². The predicted octanol–water partition coefficient (Wildman–Crippen LogP) is 3.71. The average Bonchev–Trinajstić information content (AvgIpc) is 2.73. The third-order valence-corrected chi connectivity index (χ3v) is 4.37. The van der Waals surface area contributed by atoms with E-state index < -0.39 is 5.91 Å². The Morgan fingerprint density at radius 2 is 1.50 bits per heavy atom. The predicted molar refractivity (Wildman–Crippen MR) is 109 cm³/mol. The molecule has 0 fully saturated rings. The van der Waals surface area contributed by atoms with E-state index in [2.05, 4.69) is 17.4 Å². The van der Waals surface area contributed by atoms with Crippen LogP contribution in [0.15, 0.2) is 78.9 Å². The molecule has 0 bridgehead atoms. The Balaban J connectivity index is 1.70. The summed E-state index contributed by atoms with van der Waals surface area (Å²) >= 11 is 0. The molecule has 3 aromatic rings. The Morgan fingerprint density at radius 1 is 0.893 bits per heavy atom. The van der Waals surface area contributed by atoms with Gasteiger partial charge >= 0.3 is 0 Å². The maximum Gasteiger partial charge on any atom is 0.255 e. The average molecular weight is 374 g/mol. The van der Waals surface area contributed by atoms with Gasteiger partial charge in [0.2, 0.25) is 0 Å². The summed E-state index contributed by atoms with van der Waals surface area (Å²) in [5.74, 6) is -0.549. The molecule has 3 N–H and O–H groups in total. The van der Waals surface area contributed by atoms with Crippen molar-refractivity contribution in [2.75, 3.05) is 6.61 Å². The van der Waals surface area contributed by atoms with Crippen molar-refractivity contribution in [3.8, 4) is 16.9 Å². The number of carbonyl (C=O) groups is 2. The van der Waals surface area contributed by atoms with Gasteiger partial charge in [0.25, 0.3) is 11.8 Å². The summed E-state index contributed by atoms with van der Waals surface area (Å²) in [6.45, 7) is 1.64. The largest absolute Gasteiger partial charge is 0.483 e. The monoisotopic (exact) mass is 374 g/mol. The number of amides is 2. The Bertz CT molecular complexity index is 953. The van der Waals surface area contributed by atoms with E-state index in [1.165, 1.54) is 0 Å². The fourth-order valence-electron chi connectivity index (χ4n) is 2.88. The molecule has 142 valence electrons. The van der Waals surface area contributed by atoms with Gasteiger partial charge in [-0.25, -0.2) is 0 Å². The van der Waals surface area contributed by atoms with Gasteiger partial charge in [0, 0.05) is 0 Å². The summed E-state index contributed by atoms with van der Waals surface area (Å²) in [4.78, 5) is 23.6. The number of nitrogens with one attached hydrogen (secondary N) is 1. The third-order valence-electron chi connectivity index (χ3n) is 4.37. The zero-order valence-electron chi connectivity index (χ0n) is 15.6. The van der Waals surface area contributed by atoms with E-state index in [1.54, 1.807) is 24.3 Å². The minimum atomic E-state index is -0.595. The maximum atomic E-state index is 12.7. The molecule has 3 aromatic carbocycles. The number of benzene rings is 3. The minimum Gasteiger partial charge on any atom is -0.483 e. The summed E-state index contributed by atoms with van der Waals surface area (Å²) in [6, 6.07) is 24.8. The molecule has 0 aliphatic carbocycles. The number of para-hydroxylation sites is 1. The summed E-state index contributed by atoms with van der Waals surface area (Å²) in [5.41, 5.74) is 8.72. The molecule has 0 radical (unpaired) electrons. The van der Waals surface area contributed by atoms with E-state index in [0.717, 1.165) is 16.7 Å². The molecular formula is C23H22N2O3. The van der Waals surface area contributed by atoms with Crippen molar-refractivity contribution < 1.29 is 14.3 Å². The second-order valence-electron chi connectivity index (χ2n) is 6.43. The fourth-order valence-corrected chi connectivity index (χ4v) is 2.88. The number of primary amides is 1. The molecule has 1 atom stereocenters. The van der Waals surface area contributed by atoms with Crippen LogP contribution in [0.4, 0.5) is 0 Å². The fraction of sp³-hybridized carbons (Fsp3) is 0.130. The molecule has 28 heavy (non-hydrogen) atoms. The number of hydrogen-bond acceptors (Lipinski definition) is 3. The molecule has 1 unspecified atom stereocenters. The lowest BCUT2D eigenvalue weighted by Crippen LogP contribution is -2.27. The molecule has 0 aliphatic heterocycles. The van der Waals surface area contributed by atoms with Crippen LogP contribution in [-0.2, 0) is 4.79 Å². The van der Waals surface area contributed by atoms with Gasteiger partial charge in [-0.1, -0.05) is 66.7 Å². The van der Waals surface area contributed by atoms with Gasteiger partial charge in [-0.2, -0.15) is 0 Å². The first-order chi connectivity index (χ1) is 13.5. The van der Waals surface area contributed by atoms with E-state index in [9.17, 15) is 9.59 Å². The Labute approximate surface area is 164 Å². The van der Waals surface area contributed by atoms with Crippen LogP contribution in [-0.4, -0.2) is 18.4 Å². The van der Waals surface area contributed by atoms with Gasteiger partial charge in [-0.15, -0.1) is 0 Å². The van der Waals surface area contributed by atoms with Gasteiger partial charge in [-0.3, -0.25) is 9.59 Å². The topological polar surface area (TPSA) is 81.4 Å². The van der Waals surface area contributed by atoms with Crippen LogP contribution >= 0.6 is 0 Å². The van der Waals surface area contributed by atoms with Gasteiger partial charge in [0.05, 0.1) is 11.6 Å². The zero-order chi connectivity index (χ0) is 19.9. The summed E-state index contributed by atoms with van der Waals surface area (Å²) in [7, 11) is 0. The van der Waals surface area contributed by atoms with Crippen LogP contribution in [0.5, 0.6) is 5.75 Å². The van der Waals surface area contributed by atoms with Crippen LogP contribution < -0.4 is 15.8 Å². The number of hydrogen-bond donors (Lipinski definition) is 2. The smallest absolute Gasteiger partial charge is 0.255 e. The maximum absolute atomic E-state index is 12.7. The Morgan fingerprint density at radius 3 is 2.18 bits per heavy atom. The van der Waals surface area contributed by atoms with Gasteiger partial charge in [-0.05, 0) is 35.7 Å². The Hall–Kier alpha value is -3.60. The van der Waals surface area contributed by atoms with Crippen molar-refractivity contribution in [1.82, 2.24) is 5.32 Å². The van der Waals surface area contributed by atoms with Crippen molar-refractivity contribution in [2.45, 2.75) is 13.0 Å². The van der Waals surface area contributed by atoms with Crippen molar-refractivity contribution in [3.63, 3.8) is 0 Å². The van der Waals surface area contributed by atoms with Gasteiger partial charge in [0.15, 0.2) is 6.61 Å². The molecule has 0 aromatic heterocycles. The summed E-state index contributed by atoms with van der Waals surface area (Å²) in [6.07, 6.45) is 0. The first-order valence-corrected chi connectivity index (χ1v) is 9.01. The molecule has 0 saturated heterocycles. The van der Waals surface area contributed by atoms with Crippen molar-refractivity contribution >= 4 is 11.8 Å². The van der Waals surface area contributed by atoms with Crippen LogP contribution in [0.3, 0.4) is 0 Å². The second kappa shape index (κ2) is 8.86. The number of carbonyl (C=O) groups excluding carboxylic acids is 2. The van der Waals surface area contributed by atoms with E-state index in [1.807, 2.05) is 49.4 Å². The molecule has 2 amide bonds. The second-order valence-corrected chi connectivity index (χ2v) is 6.43. The molecule has 0 spiro atoms. The first kappa shape index (κ1) is 19.2. The lowest BCUT2D eigenvalue weighted by Gasteiger charge is -2.16. The molecule has 0 heterocycles. The highest BCUT2D eigenvalue weighted by Crippen LogP contribution is 2.23. The number of rotatable bonds is 7. The highest BCUT2D eigenvalue weighted by molar-refractivity contribution is 5.97. The zero-order valence-corrected chi connectivity index (χ0v) is 15.6. The molecule has 0 saturated carbocycles. The number of ether oxygens (including phenoxy) is 1. The minimum absolute atomic E-state index is 0.193. The van der Waals surface area contributed by atoms with Crippen LogP contribution in [0.25, 0.3) is 11.1 Å². The van der Waals surface area contributed by atoms with Crippen molar-refractivity contribution in [3.05, 3.63) is 90.0 Å². The molecule has 3 rings (SSSR count). The van der Waals surface area contributed by atoms with E-state index in [4.69, 9.17) is 10.5 Å². The highest BCUT2D eigenvalue weighted by atomic mass is 16.5. The van der Waals surface area contributed by atoms with Gasteiger partial charge < -0.3 is 15.8 Å².